The van der Waals surface area contributed by atoms with Gasteiger partial charge in [-0.1, -0.05) is 13.8 Å². The molecule has 0 spiro atoms. The average molecular weight is 399 g/mol. The Morgan fingerprint density at radius 2 is 1.95 bits per heavy atom. The lowest BCUT2D eigenvalue weighted by molar-refractivity contribution is -0.0565. The topological polar surface area (TPSA) is 65.9 Å². The average Bonchev–Trinajstić information content (AvgIpc) is 2.36. The number of aliphatic imine (C=N–C) groups is 1. The highest BCUT2D eigenvalue weighted by Crippen LogP contribution is 2.20. The SMILES string of the molecule is CCNC(=NCC1(O)CCOCC1)NCCC(C)C.I. The number of ether oxygens (including phenoxy) is 1. The van der Waals surface area contributed by atoms with Gasteiger partial charge in [0.1, 0.15) is 0 Å². The lowest BCUT2D eigenvalue weighted by atomic mass is 9.95. The van der Waals surface area contributed by atoms with Crippen LogP contribution in [0, 0.1) is 5.92 Å². The van der Waals surface area contributed by atoms with Gasteiger partial charge in [-0.25, -0.2) is 0 Å². The molecule has 1 saturated heterocycles. The molecule has 20 heavy (non-hydrogen) atoms. The van der Waals surface area contributed by atoms with Crippen LogP contribution in [0.2, 0.25) is 0 Å². The Labute approximate surface area is 140 Å². The van der Waals surface area contributed by atoms with Crippen LogP contribution in [0.4, 0.5) is 0 Å². The summed E-state index contributed by atoms with van der Waals surface area (Å²) in [5.41, 5.74) is -0.696. The number of guanidine groups is 1. The van der Waals surface area contributed by atoms with E-state index in [2.05, 4.69) is 29.5 Å². The Hall–Kier alpha value is -0.0800. The zero-order chi connectivity index (χ0) is 14.1. The third-order valence-corrected chi connectivity index (χ3v) is 3.31. The van der Waals surface area contributed by atoms with Crippen molar-refractivity contribution in [2.45, 2.75) is 45.6 Å². The van der Waals surface area contributed by atoms with Crippen LogP contribution >= 0.6 is 24.0 Å². The summed E-state index contributed by atoms with van der Waals surface area (Å²) in [5, 5.41) is 16.9. The lowest BCUT2D eigenvalue weighted by Gasteiger charge is -2.30. The predicted molar refractivity (Wildman–Crippen MR) is 93.9 cm³/mol. The number of rotatable bonds is 6. The van der Waals surface area contributed by atoms with E-state index >= 15 is 0 Å². The van der Waals surface area contributed by atoms with Crippen molar-refractivity contribution in [2.75, 3.05) is 32.8 Å². The molecule has 1 rings (SSSR count). The molecule has 1 heterocycles. The van der Waals surface area contributed by atoms with Gasteiger partial charge in [-0.3, -0.25) is 4.99 Å². The fourth-order valence-electron chi connectivity index (χ4n) is 1.96. The highest BCUT2D eigenvalue weighted by atomic mass is 127. The maximum Gasteiger partial charge on any atom is 0.191 e. The zero-order valence-corrected chi connectivity index (χ0v) is 15.3. The molecule has 1 aliphatic rings. The molecule has 5 nitrogen and oxygen atoms in total. The second kappa shape index (κ2) is 10.6. The summed E-state index contributed by atoms with van der Waals surface area (Å²) in [7, 11) is 0. The summed E-state index contributed by atoms with van der Waals surface area (Å²) in [6, 6.07) is 0. The summed E-state index contributed by atoms with van der Waals surface area (Å²) < 4.78 is 5.27. The van der Waals surface area contributed by atoms with Crippen LogP contribution in [0.15, 0.2) is 4.99 Å². The summed E-state index contributed by atoms with van der Waals surface area (Å²) in [4.78, 5) is 4.49. The van der Waals surface area contributed by atoms with Crippen LogP contribution in [0.25, 0.3) is 0 Å². The van der Waals surface area contributed by atoms with Gasteiger partial charge in [0.15, 0.2) is 5.96 Å². The van der Waals surface area contributed by atoms with Gasteiger partial charge in [0.25, 0.3) is 0 Å². The Kier molecular flexibility index (Phi) is 10.6. The van der Waals surface area contributed by atoms with E-state index in [1.54, 1.807) is 0 Å². The van der Waals surface area contributed by atoms with Crippen molar-refractivity contribution in [3.8, 4) is 0 Å². The third-order valence-electron chi connectivity index (χ3n) is 3.31. The first-order valence-electron chi connectivity index (χ1n) is 7.38. The molecular formula is C14H30IN3O2. The minimum absolute atomic E-state index is 0. The molecule has 6 heteroatoms. The zero-order valence-electron chi connectivity index (χ0n) is 12.9. The van der Waals surface area contributed by atoms with Gasteiger partial charge in [0.2, 0.25) is 0 Å². The van der Waals surface area contributed by atoms with Crippen LogP contribution < -0.4 is 10.6 Å². The van der Waals surface area contributed by atoms with Gasteiger partial charge < -0.3 is 20.5 Å². The van der Waals surface area contributed by atoms with Gasteiger partial charge in [-0.2, -0.15) is 0 Å². The van der Waals surface area contributed by atoms with Gasteiger partial charge in [0.05, 0.1) is 12.1 Å². The molecule has 0 unspecified atom stereocenters. The van der Waals surface area contributed by atoms with Crippen LogP contribution in [0.5, 0.6) is 0 Å². The van der Waals surface area contributed by atoms with Crippen molar-refractivity contribution < 1.29 is 9.84 Å². The van der Waals surface area contributed by atoms with Gasteiger partial charge in [0, 0.05) is 39.1 Å². The van der Waals surface area contributed by atoms with Gasteiger partial charge in [-0.15, -0.1) is 24.0 Å². The molecular weight excluding hydrogens is 369 g/mol. The number of hydrogen-bond donors (Lipinski definition) is 3. The molecule has 1 aliphatic heterocycles. The molecule has 0 aromatic carbocycles. The van der Waals surface area contributed by atoms with Crippen molar-refractivity contribution in [3.05, 3.63) is 0 Å². The standard InChI is InChI=1S/C14H29N3O2.HI/c1-4-15-13(16-8-5-12(2)3)17-11-14(18)6-9-19-10-7-14;/h12,18H,4-11H2,1-3H3,(H2,15,16,17);1H. The second-order valence-electron chi connectivity index (χ2n) is 5.64. The maximum absolute atomic E-state index is 10.4. The van der Waals surface area contributed by atoms with E-state index in [0.29, 0.717) is 38.5 Å². The molecule has 0 amide bonds. The Balaban J connectivity index is 0.00000361. The van der Waals surface area contributed by atoms with E-state index in [-0.39, 0.29) is 24.0 Å². The van der Waals surface area contributed by atoms with Crippen LogP contribution in [0.1, 0.15) is 40.0 Å². The summed E-state index contributed by atoms with van der Waals surface area (Å²) in [6.45, 7) is 9.88. The molecule has 0 saturated carbocycles. The van der Waals surface area contributed by atoms with E-state index < -0.39 is 5.60 Å². The fraction of sp³-hybridized carbons (Fsp3) is 0.929. The van der Waals surface area contributed by atoms with Crippen LogP contribution in [0.3, 0.4) is 0 Å². The number of hydrogen-bond acceptors (Lipinski definition) is 3. The monoisotopic (exact) mass is 399 g/mol. The third kappa shape index (κ3) is 8.26. The van der Waals surface area contributed by atoms with Crippen molar-refractivity contribution in [1.82, 2.24) is 10.6 Å². The Morgan fingerprint density at radius 1 is 1.30 bits per heavy atom. The Morgan fingerprint density at radius 3 is 2.50 bits per heavy atom. The van der Waals surface area contributed by atoms with E-state index in [9.17, 15) is 5.11 Å². The molecule has 0 aromatic heterocycles. The number of aliphatic hydroxyl groups is 1. The van der Waals surface area contributed by atoms with E-state index in [0.717, 1.165) is 25.5 Å². The summed E-state index contributed by atoms with van der Waals surface area (Å²) in [5.74, 6) is 1.47. The molecule has 0 aliphatic carbocycles. The van der Waals surface area contributed by atoms with Crippen molar-refractivity contribution in [2.24, 2.45) is 10.9 Å². The molecule has 3 N–H and O–H groups in total. The van der Waals surface area contributed by atoms with Crippen molar-refractivity contribution in [3.63, 3.8) is 0 Å². The van der Waals surface area contributed by atoms with Crippen molar-refractivity contribution >= 4 is 29.9 Å². The summed E-state index contributed by atoms with van der Waals surface area (Å²) in [6.07, 6.45) is 2.45. The molecule has 0 atom stereocenters. The number of nitrogens with one attached hydrogen (secondary N) is 2. The molecule has 0 aromatic rings. The summed E-state index contributed by atoms with van der Waals surface area (Å²) >= 11 is 0. The van der Waals surface area contributed by atoms with Crippen LogP contribution in [-0.2, 0) is 4.74 Å². The quantitative estimate of drug-likeness (QED) is 0.362. The normalized spacial score (nSPS) is 18.6. The lowest BCUT2D eigenvalue weighted by Crippen LogP contribution is -2.42. The largest absolute Gasteiger partial charge is 0.388 e. The Bertz CT molecular complexity index is 280. The minimum Gasteiger partial charge on any atom is -0.388 e. The molecule has 0 bridgehead atoms. The van der Waals surface area contributed by atoms with E-state index in [1.165, 1.54) is 0 Å². The van der Waals surface area contributed by atoms with E-state index in [1.807, 2.05) is 6.92 Å². The van der Waals surface area contributed by atoms with Crippen molar-refractivity contribution in [1.29, 1.82) is 0 Å². The first kappa shape index (κ1) is 19.9. The number of nitrogens with zero attached hydrogens (tertiary/aromatic N) is 1. The first-order valence-corrected chi connectivity index (χ1v) is 7.38. The van der Waals surface area contributed by atoms with Gasteiger partial charge in [-0.05, 0) is 19.3 Å². The smallest absolute Gasteiger partial charge is 0.191 e. The second-order valence-corrected chi connectivity index (χ2v) is 5.64. The van der Waals surface area contributed by atoms with E-state index in [4.69, 9.17) is 4.74 Å². The molecule has 120 valence electrons. The molecule has 1 fully saturated rings. The molecule has 0 radical (unpaired) electrons. The van der Waals surface area contributed by atoms with Gasteiger partial charge >= 0.3 is 0 Å². The predicted octanol–water partition coefficient (Wildman–Crippen LogP) is 1.75. The highest BCUT2D eigenvalue weighted by Gasteiger charge is 2.29. The highest BCUT2D eigenvalue weighted by molar-refractivity contribution is 14.0. The number of halogens is 1. The fourth-order valence-corrected chi connectivity index (χ4v) is 1.96. The first-order chi connectivity index (χ1) is 9.06. The van der Waals surface area contributed by atoms with Crippen LogP contribution in [-0.4, -0.2) is 49.5 Å². The maximum atomic E-state index is 10.4. The minimum atomic E-state index is -0.696.